The second-order valence-electron chi connectivity index (χ2n) is 9.75. The Morgan fingerprint density at radius 2 is 1.43 bits per heavy atom. The lowest BCUT2D eigenvalue weighted by atomic mass is 10.0. The van der Waals surface area contributed by atoms with Crippen LogP contribution < -0.4 is 21.7 Å². The molecule has 0 aliphatic heterocycles. The van der Waals surface area contributed by atoms with Gasteiger partial charge >= 0.3 is 5.97 Å². The number of phenolic OH excluding ortho intramolecular Hbond substituents is 1. The Morgan fingerprint density at radius 3 is 1.98 bits per heavy atom. The Morgan fingerprint density at radius 1 is 0.857 bits per heavy atom. The van der Waals surface area contributed by atoms with E-state index in [2.05, 4.69) is 25.9 Å². The number of benzene rings is 2. The average molecular weight is 597 g/mol. The van der Waals surface area contributed by atoms with Crippen molar-refractivity contribution in [2.75, 3.05) is 12.0 Å². The summed E-state index contributed by atoms with van der Waals surface area (Å²) in [6.07, 6.45) is 5.35. The average Bonchev–Trinajstić information content (AvgIpc) is 3.48. The first kappa shape index (κ1) is 32.2. The number of rotatable bonds is 16. The van der Waals surface area contributed by atoms with Crippen LogP contribution in [0.2, 0.25) is 0 Å². The van der Waals surface area contributed by atoms with Gasteiger partial charge in [0.15, 0.2) is 0 Å². The number of aromatic hydroxyl groups is 1. The number of nitrogens with one attached hydrogen (secondary N) is 4. The maximum atomic E-state index is 13.7. The molecule has 13 heteroatoms. The molecule has 1 aromatic heterocycles. The van der Waals surface area contributed by atoms with Crippen LogP contribution in [0.1, 0.15) is 23.2 Å². The van der Waals surface area contributed by atoms with Crippen LogP contribution in [0.15, 0.2) is 67.1 Å². The monoisotopic (exact) mass is 596 g/mol. The highest BCUT2D eigenvalue weighted by Crippen LogP contribution is 2.13. The molecular weight excluding hydrogens is 560 g/mol. The molecule has 0 bridgehead atoms. The van der Waals surface area contributed by atoms with E-state index in [1.807, 2.05) is 12.3 Å². The van der Waals surface area contributed by atoms with E-state index in [9.17, 15) is 29.4 Å². The number of aliphatic carboxylic acids is 1. The molecule has 8 N–H and O–H groups in total. The SMILES string of the molecule is CSCCC(NC(=O)C(Cc1ccccc1)NC(=O)C(Cc1ccc(O)cc1)NC(=O)C(N)Cc1cnc[nH]1)C(=O)O. The van der Waals surface area contributed by atoms with Crippen molar-refractivity contribution in [1.82, 2.24) is 25.9 Å². The summed E-state index contributed by atoms with van der Waals surface area (Å²) in [4.78, 5) is 58.6. The number of phenols is 1. The number of hydrogen-bond acceptors (Lipinski definition) is 8. The van der Waals surface area contributed by atoms with Crippen molar-refractivity contribution in [3.63, 3.8) is 0 Å². The molecule has 3 aromatic rings. The Hall–Kier alpha value is -4.36. The van der Waals surface area contributed by atoms with E-state index in [1.165, 1.54) is 30.2 Å². The summed E-state index contributed by atoms with van der Waals surface area (Å²) in [5.74, 6) is -2.52. The summed E-state index contributed by atoms with van der Waals surface area (Å²) in [6.45, 7) is 0. The zero-order chi connectivity index (χ0) is 30.5. The number of aromatic amines is 1. The number of hydrogen-bond donors (Lipinski definition) is 7. The van der Waals surface area contributed by atoms with Gasteiger partial charge in [0.05, 0.1) is 12.4 Å². The topological polar surface area (TPSA) is 200 Å². The minimum Gasteiger partial charge on any atom is -0.508 e. The number of amides is 3. The largest absolute Gasteiger partial charge is 0.508 e. The first-order chi connectivity index (χ1) is 20.2. The van der Waals surface area contributed by atoms with Crippen molar-refractivity contribution >= 4 is 35.5 Å². The van der Waals surface area contributed by atoms with E-state index in [4.69, 9.17) is 5.73 Å². The van der Waals surface area contributed by atoms with E-state index >= 15 is 0 Å². The summed E-state index contributed by atoms with van der Waals surface area (Å²) in [7, 11) is 0. The van der Waals surface area contributed by atoms with Crippen LogP contribution in [0.4, 0.5) is 0 Å². The highest BCUT2D eigenvalue weighted by atomic mass is 32.2. The van der Waals surface area contributed by atoms with Gasteiger partial charge < -0.3 is 36.9 Å². The molecule has 2 aromatic carbocycles. The molecule has 224 valence electrons. The maximum absolute atomic E-state index is 13.7. The van der Waals surface area contributed by atoms with Gasteiger partial charge in [-0.3, -0.25) is 14.4 Å². The first-order valence-corrected chi connectivity index (χ1v) is 14.7. The number of thioether (sulfide) groups is 1. The fraction of sp³-hybridized carbons (Fsp3) is 0.345. The summed E-state index contributed by atoms with van der Waals surface area (Å²) in [5, 5.41) is 27.2. The predicted octanol–water partition coefficient (Wildman–Crippen LogP) is 0.763. The number of carbonyl (C=O) groups excluding carboxylic acids is 3. The van der Waals surface area contributed by atoms with Gasteiger partial charge in [-0.15, -0.1) is 0 Å². The van der Waals surface area contributed by atoms with Crippen LogP contribution in [-0.4, -0.2) is 80.0 Å². The van der Waals surface area contributed by atoms with Gasteiger partial charge in [-0.2, -0.15) is 11.8 Å². The molecule has 0 radical (unpaired) electrons. The highest BCUT2D eigenvalue weighted by molar-refractivity contribution is 7.98. The van der Waals surface area contributed by atoms with Gasteiger partial charge in [0.1, 0.15) is 23.9 Å². The van der Waals surface area contributed by atoms with Crippen molar-refractivity contribution in [2.45, 2.75) is 49.9 Å². The fourth-order valence-electron chi connectivity index (χ4n) is 4.18. The summed E-state index contributed by atoms with van der Waals surface area (Å²) >= 11 is 1.45. The van der Waals surface area contributed by atoms with E-state index in [-0.39, 0.29) is 31.4 Å². The van der Waals surface area contributed by atoms with Crippen LogP contribution in [0.5, 0.6) is 5.75 Å². The zero-order valence-corrected chi connectivity index (χ0v) is 24.0. The van der Waals surface area contributed by atoms with Crippen LogP contribution >= 0.6 is 11.8 Å². The third-order valence-corrected chi connectivity index (χ3v) is 7.13. The molecule has 3 rings (SSSR count). The standard InChI is InChI=1S/C29H36N6O6S/c1-42-12-11-23(29(40)41)33-27(38)25(13-18-5-3-2-4-6-18)35-28(39)24(14-19-7-9-21(36)10-8-19)34-26(37)22(30)15-20-16-31-17-32-20/h2-10,16-17,22-25,36H,11-15,30H2,1H3,(H,31,32)(H,33,38)(H,34,37)(H,35,39)(H,40,41). The maximum Gasteiger partial charge on any atom is 0.326 e. The fourth-order valence-corrected chi connectivity index (χ4v) is 4.65. The number of carboxylic acid groups (broad SMARTS) is 1. The highest BCUT2D eigenvalue weighted by Gasteiger charge is 2.31. The third kappa shape index (κ3) is 10.2. The van der Waals surface area contributed by atoms with Crippen molar-refractivity contribution in [1.29, 1.82) is 0 Å². The van der Waals surface area contributed by atoms with Crippen LogP contribution in [0.3, 0.4) is 0 Å². The molecule has 3 amide bonds. The summed E-state index contributed by atoms with van der Waals surface area (Å²) in [6, 6.07) is 10.7. The quantitative estimate of drug-likeness (QED) is 0.125. The normalized spacial score (nSPS) is 13.8. The number of imidazole rings is 1. The lowest BCUT2D eigenvalue weighted by Crippen LogP contribution is -2.58. The van der Waals surface area contributed by atoms with E-state index in [0.29, 0.717) is 17.0 Å². The number of nitrogens with zero attached hydrogens (tertiary/aromatic N) is 1. The van der Waals surface area contributed by atoms with Crippen molar-refractivity contribution < 1.29 is 29.4 Å². The molecule has 0 fully saturated rings. The lowest BCUT2D eigenvalue weighted by Gasteiger charge is -2.25. The van der Waals surface area contributed by atoms with Crippen molar-refractivity contribution in [3.05, 3.63) is 83.9 Å². The molecule has 0 saturated carbocycles. The lowest BCUT2D eigenvalue weighted by molar-refractivity contribution is -0.142. The van der Waals surface area contributed by atoms with Crippen LogP contribution in [0.25, 0.3) is 0 Å². The molecule has 0 saturated heterocycles. The van der Waals surface area contributed by atoms with E-state index in [0.717, 1.165) is 5.56 Å². The van der Waals surface area contributed by atoms with Gasteiger partial charge in [-0.05, 0) is 41.7 Å². The summed E-state index contributed by atoms with van der Waals surface area (Å²) < 4.78 is 0. The molecule has 4 unspecified atom stereocenters. The minimum absolute atomic E-state index is 0.0411. The van der Waals surface area contributed by atoms with Gasteiger partial charge in [0, 0.05) is 31.2 Å². The van der Waals surface area contributed by atoms with Gasteiger partial charge in [-0.1, -0.05) is 42.5 Å². The number of H-pyrrole nitrogens is 1. The Labute approximate surface area is 247 Å². The molecule has 0 aliphatic rings. The van der Waals surface area contributed by atoms with Gasteiger partial charge in [0.2, 0.25) is 17.7 Å². The number of nitrogens with two attached hydrogens (primary N) is 1. The second kappa shape index (κ2) is 16.2. The molecule has 0 aliphatic carbocycles. The van der Waals surface area contributed by atoms with E-state index in [1.54, 1.807) is 42.6 Å². The Kier molecular flexibility index (Phi) is 12.4. The van der Waals surface area contributed by atoms with Crippen molar-refractivity contribution in [3.8, 4) is 5.75 Å². The van der Waals surface area contributed by atoms with Crippen LogP contribution in [-0.2, 0) is 38.4 Å². The van der Waals surface area contributed by atoms with Crippen molar-refractivity contribution in [2.24, 2.45) is 5.73 Å². The smallest absolute Gasteiger partial charge is 0.326 e. The molecular formula is C29H36N6O6S. The molecule has 42 heavy (non-hydrogen) atoms. The van der Waals surface area contributed by atoms with Gasteiger partial charge in [-0.25, -0.2) is 9.78 Å². The molecule has 12 nitrogen and oxygen atoms in total. The third-order valence-electron chi connectivity index (χ3n) is 6.48. The number of carboxylic acids is 1. The molecule has 1 heterocycles. The first-order valence-electron chi connectivity index (χ1n) is 13.3. The Balaban J connectivity index is 1.82. The Bertz CT molecular complexity index is 1310. The molecule has 4 atom stereocenters. The number of carbonyl (C=O) groups is 4. The predicted molar refractivity (Wildman–Crippen MR) is 159 cm³/mol. The van der Waals surface area contributed by atoms with E-state index < -0.39 is 47.9 Å². The minimum atomic E-state index is -1.18. The second-order valence-corrected chi connectivity index (χ2v) is 10.7. The number of aromatic nitrogens is 2. The molecule has 0 spiro atoms. The van der Waals surface area contributed by atoms with Crippen LogP contribution in [0, 0.1) is 0 Å². The zero-order valence-electron chi connectivity index (χ0n) is 23.2. The van der Waals surface area contributed by atoms with Gasteiger partial charge in [0.25, 0.3) is 0 Å². The summed E-state index contributed by atoms with van der Waals surface area (Å²) in [5.41, 5.74) is 8.13.